The first-order valence-corrected chi connectivity index (χ1v) is 22.0. The van der Waals surface area contributed by atoms with E-state index in [1.165, 1.54) is 40.8 Å². The molecule has 0 saturated heterocycles. The molecule has 2 aliphatic rings. The monoisotopic (exact) mass is 666 g/mol. The molecule has 0 fully saturated rings. The standard InChI is InChI=1S/C44H52N3OSi/c1-9-29(4)15-10-13-19-38-42-31(21-23-35-36-18-14-24-45-44(36)48-43(35)42)20-22-34-32-16-11-12-17-33(32)40-26-37(28(2)3)41(49(6,7)8)27-47(40)39(34)25-30(5)46-38/h11-14,16-19,21,23-24,26-29,34,39H,5,9-10,15,20,22,25H2,1-4,6-8H3/q+1/b19-13-,46-38?. The molecule has 0 N–H and O–H groups in total. The Bertz CT molecular complexity index is 2110. The summed E-state index contributed by atoms with van der Waals surface area (Å²) in [5.41, 5.74) is 11.4. The first kappa shape index (κ1) is 33.4. The molecule has 0 aliphatic carbocycles. The van der Waals surface area contributed by atoms with E-state index < -0.39 is 8.07 Å². The van der Waals surface area contributed by atoms with Crippen molar-refractivity contribution in [2.45, 2.75) is 104 Å². The number of aliphatic imine (C=N–C) groups is 1. The zero-order chi connectivity index (χ0) is 34.4. The lowest BCUT2D eigenvalue weighted by atomic mass is 9.77. The van der Waals surface area contributed by atoms with Gasteiger partial charge in [-0.15, -0.1) is 0 Å². The van der Waals surface area contributed by atoms with E-state index in [9.17, 15) is 0 Å². The highest BCUT2D eigenvalue weighted by atomic mass is 28.3. The number of nitrogens with zero attached hydrogens (tertiary/aromatic N) is 3. The van der Waals surface area contributed by atoms with Gasteiger partial charge in [0, 0.05) is 51.0 Å². The summed E-state index contributed by atoms with van der Waals surface area (Å²) in [6.45, 7) is 21.4. The number of aromatic nitrogens is 2. The number of allylic oxidation sites excluding steroid dienone is 3. The molecule has 49 heavy (non-hydrogen) atoms. The zero-order valence-electron chi connectivity index (χ0n) is 30.5. The molecular weight excluding hydrogens is 615 g/mol. The Hall–Kier alpha value is -4.09. The van der Waals surface area contributed by atoms with Crippen molar-refractivity contribution in [3.05, 3.63) is 114 Å². The molecule has 3 atom stereocenters. The fourth-order valence-electron chi connectivity index (χ4n) is 8.15. The Kier molecular flexibility index (Phi) is 9.08. The third-order valence-corrected chi connectivity index (χ3v) is 13.1. The Balaban J connectivity index is 1.41. The molecule has 3 aromatic heterocycles. The van der Waals surface area contributed by atoms with Gasteiger partial charge >= 0.3 is 0 Å². The summed E-state index contributed by atoms with van der Waals surface area (Å²) in [5, 5.41) is 3.70. The molecule has 2 aromatic carbocycles. The molecule has 5 aromatic rings. The van der Waals surface area contributed by atoms with E-state index in [0.29, 0.717) is 23.5 Å². The van der Waals surface area contributed by atoms with Crippen LogP contribution in [0.3, 0.4) is 0 Å². The van der Waals surface area contributed by atoms with Crippen LogP contribution < -0.4 is 9.75 Å². The number of hydrogen-bond donors (Lipinski definition) is 0. The van der Waals surface area contributed by atoms with Crippen LogP contribution in [0.15, 0.2) is 101 Å². The van der Waals surface area contributed by atoms with Gasteiger partial charge in [0.25, 0.3) is 0 Å². The molecule has 5 heteroatoms. The minimum atomic E-state index is -1.63. The number of rotatable bonds is 7. The molecule has 7 rings (SSSR count). The normalized spacial score (nSPS) is 18.7. The van der Waals surface area contributed by atoms with E-state index in [4.69, 9.17) is 9.41 Å². The van der Waals surface area contributed by atoms with E-state index in [1.807, 2.05) is 12.3 Å². The third kappa shape index (κ3) is 6.27. The highest BCUT2D eigenvalue weighted by molar-refractivity contribution is 6.89. The minimum absolute atomic E-state index is 0.230. The summed E-state index contributed by atoms with van der Waals surface area (Å²) in [6.07, 6.45) is 15.0. The van der Waals surface area contributed by atoms with Gasteiger partial charge in [0.15, 0.2) is 12.2 Å². The molecule has 252 valence electrons. The quantitative estimate of drug-likeness (QED) is 0.128. The maximum Gasteiger partial charge on any atom is 0.227 e. The number of pyridine rings is 2. The van der Waals surface area contributed by atoms with Crippen molar-refractivity contribution in [2.24, 2.45) is 10.9 Å². The Morgan fingerprint density at radius 1 is 1.04 bits per heavy atom. The largest absolute Gasteiger partial charge is 0.437 e. The van der Waals surface area contributed by atoms with Crippen LogP contribution in [0.2, 0.25) is 19.6 Å². The van der Waals surface area contributed by atoms with Gasteiger partial charge < -0.3 is 4.42 Å². The predicted octanol–water partition coefficient (Wildman–Crippen LogP) is 11.0. The van der Waals surface area contributed by atoms with E-state index in [1.54, 1.807) is 5.19 Å². The molecule has 3 unspecified atom stereocenters. The summed E-state index contributed by atoms with van der Waals surface area (Å²) < 4.78 is 9.21. The van der Waals surface area contributed by atoms with Gasteiger partial charge in [0.2, 0.25) is 11.4 Å². The van der Waals surface area contributed by atoms with E-state index >= 15 is 0 Å². The maximum atomic E-state index is 6.58. The second kappa shape index (κ2) is 13.3. The number of furan rings is 1. The van der Waals surface area contributed by atoms with E-state index in [0.717, 1.165) is 59.0 Å². The van der Waals surface area contributed by atoms with Crippen molar-refractivity contribution < 1.29 is 8.98 Å². The van der Waals surface area contributed by atoms with Crippen LogP contribution in [0.5, 0.6) is 0 Å². The van der Waals surface area contributed by atoms with Gasteiger partial charge in [-0.2, -0.15) is 4.57 Å². The number of hydrogen-bond acceptors (Lipinski definition) is 3. The van der Waals surface area contributed by atoms with Crippen molar-refractivity contribution in [1.29, 1.82) is 0 Å². The first-order chi connectivity index (χ1) is 23.5. The lowest BCUT2D eigenvalue weighted by Gasteiger charge is -2.33. The van der Waals surface area contributed by atoms with Crippen molar-refractivity contribution in [2.75, 3.05) is 0 Å². The van der Waals surface area contributed by atoms with Crippen LogP contribution in [0, 0.1) is 5.92 Å². The lowest BCUT2D eigenvalue weighted by Crippen LogP contribution is -2.54. The molecular formula is C44H52N3OSi+. The highest BCUT2D eigenvalue weighted by Gasteiger charge is 2.42. The molecule has 0 spiro atoms. The number of benzene rings is 2. The van der Waals surface area contributed by atoms with Crippen molar-refractivity contribution in [3.63, 3.8) is 0 Å². The topological polar surface area (TPSA) is 42.3 Å². The van der Waals surface area contributed by atoms with Crippen LogP contribution in [-0.4, -0.2) is 18.8 Å². The molecule has 5 heterocycles. The summed E-state index contributed by atoms with van der Waals surface area (Å²) in [5.74, 6) is 1.50. The van der Waals surface area contributed by atoms with Crippen LogP contribution in [-0.2, 0) is 6.42 Å². The van der Waals surface area contributed by atoms with Crippen LogP contribution in [0.4, 0.5) is 0 Å². The molecule has 0 saturated carbocycles. The smallest absolute Gasteiger partial charge is 0.227 e. The highest BCUT2D eigenvalue weighted by Crippen LogP contribution is 2.45. The van der Waals surface area contributed by atoms with Gasteiger partial charge in [-0.25, -0.2) is 4.98 Å². The van der Waals surface area contributed by atoms with Gasteiger partial charge in [0.05, 0.1) is 20.2 Å². The molecule has 0 radical (unpaired) electrons. The van der Waals surface area contributed by atoms with Crippen molar-refractivity contribution in [1.82, 2.24) is 4.98 Å². The van der Waals surface area contributed by atoms with Crippen molar-refractivity contribution >= 4 is 41.0 Å². The molecule has 2 aliphatic heterocycles. The van der Waals surface area contributed by atoms with Gasteiger partial charge in [-0.1, -0.05) is 96.7 Å². The predicted molar refractivity (Wildman–Crippen MR) is 209 cm³/mol. The SMILES string of the molecule is C=C1CC2C(CCc3ccc4c(oc5ncccc54)c3C(/C=C\CCC(C)CC)=N1)c1ccccc1-c1cc(C(C)C)c([Si](C)(C)C)c[n+]12. The molecule has 0 bridgehead atoms. The van der Waals surface area contributed by atoms with Crippen LogP contribution in [0.1, 0.15) is 99.9 Å². The summed E-state index contributed by atoms with van der Waals surface area (Å²) >= 11 is 0. The average Bonchev–Trinajstić information content (AvgIpc) is 3.46. The minimum Gasteiger partial charge on any atom is -0.437 e. The van der Waals surface area contributed by atoms with E-state index in [-0.39, 0.29) is 6.04 Å². The lowest BCUT2D eigenvalue weighted by molar-refractivity contribution is -0.717. The summed E-state index contributed by atoms with van der Waals surface area (Å²) in [6, 6.07) is 20.5. The number of aryl methyl sites for hydroxylation is 1. The fourth-order valence-corrected chi connectivity index (χ4v) is 9.90. The second-order valence-corrected chi connectivity index (χ2v) is 20.9. The van der Waals surface area contributed by atoms with Gasteiger partial charge in [0.1, 0.15) is 5.58 Å². The van der Waals surface area contributed by atoms with Gasteiger partial charge in [-0.05, 0) is 78.5 Å². The number of fused-ring (bicyclic) bond motifs is 11. The third-order valence-electron chi connectivity index (χ3n) is 11.0. The second-order valence-electron chi connectivity index (χ2n) is 15.8. The zero-order valence-corrected chi connectivity index (χ0v) is 31.5. The van der Waals surface area contributed by atoms with Crippen LogP contribution >= 0.6 is 0 Å². The summed E-state index contributed by atoms with van der Waals surface area (Å²) in [7, 11) is -1.63. The Morgan fingerprint density at radius 2 is 1.86 bits per heavy atom. The Morgan fingerprint density at radius 3 is 2.63 bits per heavy atom. The van der Waals surface area contributed by atoms with Gasteiger partial charge in [-0.3, -0.25) is 4.99 Å². The Labute approximate surface area is 293 Å². The first-order valence-electron chi connectivity index (χ1n) is 18.5. The molecule has 0 amide bonds. The summed E-state index contributed by atoms with van der Waals surface area (Å²) in [4.78, 5) is 10.0. The van der Waals surface area contributed by atoms with Crippen LogP contribution in [0.25, 0.3) is 33.3 Å². The van der Waals surface area contributed by atoms with Crippen molar-refractivity contribution in [3.8, 4) is 11.3 Å². The molecule has 4 nitrogen and oxygen atoms in total. The fraction of sp³-hybridized carbons (Fsp3) is 0.386. The maximum absolute atomic E-state index is 6.58. The van der Waals surface area contributed by atoms with E-state index in [2.05, 4.69) is 130 Å². The average molecular weight is 667 g/mol.